The molecule has 0 aliphatic carbocycles. The van der Waals surface area contributed by atoms with Crippen molar-refractivity contribution in [3.63, 3.8) is 0 Å². The molecule has 3 fully saturated rings. The minimum Gasteiger partial charge on any atom is -0.400 e. The van der Waals surface area contributed by atoms with Gasteiger partial charge in [0, 0.05) is 97.1 Å². The number of aliphatic hydroxyl groups is 1. The van der Waals surface area contributed by atoms with Crippen LogP contribution < -0.4 is 15.1 Å². The number of aliphatic hydroxyl groups excluding tert-OH is 1. The van der Waals surface area contributed by atoms with Crippen molar-refractivity contribution in [2.75, 3.05) is 83.4 Å². The molecule has 0 aromatic carbocycles. The number of aromatic nitrogens is 6. The third-order valence-electron chi connectivity index (χ3n) is 11.0. The molecule has 61 heavy (non-hydrogen) atoms. The molecule has 2 N–H and O–H groups in total. The number of Topliss-reactive ketones (excluding diaryl/α,β-unsaturated/α-hetero) is 1. The van der Waals surface area contributed by atoms with E-state index in [4.69, 9.17) is 33.3 Å². The first kappa shape index (κ1) is 43.6. The Morgan fingerprint density at radius 2 is 1.25 bits per heavy atom. The van der Waals surface area contributed by atoms with Crippen LogP contribution in [0.15, 0.2) is 97.6 Å². The summed E-state index contributed by atoms with van der Waals surface area (Å²) in [5.74, 6) is 2.31. The third-order valence-corrected chi connectivity index (χ3v) is 11.6. The van der Waals surface area contributed by atoms with Gasteiger partial charge in [0.05, 0.1) is 44.9 Å². The quantitative estimate of drug-likeness (QED) is 0.176. The van der Waals surface area contributed by atoms with Crippen LogP contribution in [-0.2, 0) is 9.59 Å². The molecule has 0 amide bonds. The van der Waals surface area contributed by atoms with Gasteiger partial charge in [0.2, 0.25) is 0 Å². The van der Waals surface area contributed by atoms with E-state index in [1.807, 2.05) is 30.5 Å². The molecule has 9 heterocycles. The van der Waals surface area contributed by atoms with Gasteiger partial charge in [0.15, 0.2) is 5.78 Å². The number of carbonyl (C=O) groups is 2. The third kappa shape index (κ3) is 10.7. The molecular formula is C45H51Cl2N11O3. The first-order valence-electron chi connectivity index (χ1n) is 20.3. The SMILES string of the molecule is CN1CCN(c2cccc3nc(/C=C/C(=O)/C=C/c4ncccc4Cl)cn23)CC1.CN1CCN(c2cccc3nc(C4CC(=O)CC(c5ncccc5Cl)N4)cn23)CC1.CO. The summed E-state index contributed by atoms with van der Waals surface area (Å²) in [4.78, 5) is 52.2. The highest BCUT2D eigenvalue weighted by atomic mass is 35.5. The van der Waals surface area contributed by atoms with Gasteiger partial charge < -0.3 is 24.7 Å². The highest BCUT2D eigenvalue weighted by Gasteiger charge is 2.32. The molecule has 6 aromatic rings. The number of piperidine rings is 1. The lowest BCUT2D eigenvalue weighted by molar-refractivity contribution is -0.121. The maximum absolute atomic E-state index is 12.5. The average molecular weight is 865 g/mol. The molecule has 2 atom stereocenters. The molecule has 2 unspecified atom stereocenters. The molecular weight excluding hydrogens is 813 g/mol. The number of likely N-dealkylation sites (N-methyl/N-ethyl adjacent to an activating group) is 2. The Hall–Kier alpha value is -5.48. The fourth-order valence-corrected chi connectivity index (χ4v) is 8.13. The second-order valence-electron chi connectivity index (χ2n) is 15.2. The molecule has 0 saturated carbocycles. The Morgan fingerprint density at radius 1 is 0.689 bits per heavy atom. The molecule has 6 aromatic heterocycles. The zero-order chi connectivity index (χ0) is 42.9. The molecule has 0 radical (unpaired) electrons. The predicted molar refractivity (Wildman–Crippen MR) is 242 cm³/mol. The van der Waals surface area contributed by atoms with E-state index in [9.17, 15) is 9.59 Å². The standard InChI is InChI=1S/C22H25ClN6O.C22H22ClN5O.CH4O/c1-27-8-10-28(11-9-27)21-6-2-5-20-26-19(14-29(20)21)17-12-15(30)13-18(25-17)22-16(23)4-3-7-24-22;1-26-12-14-27(15-13-26)22-6-2-5-21-25-17(16-28(21)22)7-8-18(29)9-10-20-19(23)4-3-11-24-20;1-2/h2-7,14,17-18,25H,8-13H2,1H3;2-11,16H,12-15H2,1H3;2H,1H3/b;8-7+,10-9+;. The second kappa shape index (κ2) is 20.4. The van der Waals surface area contributed by atoms with Gasteiger partial charge in [-0.2, -0.15) is 0 Å². The fourth-order valence-electron chi connectivity index (χ4n) is 7.69. The number of rotatable bonds is 8. The number of pyridine rings is 4. The maximum Gasteiger partial charge on any atom is 0.178 e. The number of halogens is 2. The number of hydrogen-bond acceptors (Lipinski definition) is 12. The molecule has 3 saturated heterocycles. The van der Waals surface area contributed by atoms with Crippen molar-refractivity contribution in [1.29, 1.82) is 0 Å². The minimum absolute atomic E-state index is 0.150. The smallest absolute Gasteiger partial charge is 0.178 e. The van der Waals surface area contributed by atoms with Crippen LogP contribution in [0.2, 0.25) is 10.0 Å². The number of hydrogen-bond donors (Lipinski definition) is 2. The molecule has 3 aliphatic rings. The molecule has 0 bridgehead atoms. The lowest BCUT2D eigenvalue weighted by Crippen LogP contribution is -2.45. The van der Waals surface area contributed by atoms with Gasteiger partial charge in [0.25, 0.3) is 0 Å². The van der Waals surface area contributed by atoms with E-state index in [0.29, 0.717) is 28.6 Å². The normalized spacial score (nSPS) is 19.0. The van der Waals surface area contributed by atoms with Crippen LogP contribution in [0.25, 0.3) is 23.4 Å². The Kier molecular flexibility index (Phi) is 14.6. The number of imidazole rings is 2. The molecule has 16 heteroatoms. The van der Waals surface area contributed by atoms with Gasteiger partial charge >= 0.3 is 0 Å². The average Bonchev–Trinajstić information content (AvgIpc) is 3.92. The summed E-state index contributed by atoms with van der Waals surface area (Å²) in [5.41, 5.74) is 4.67. The van der Waals surface area contributed by atoms with Crippen LogP contribution >= 0.6 is 23.2 Å². The second-order valence-corrected chi connectivity index (χ2v) is 16.0. The van der Waals surface area contributed by atoms with Gasteiger partial charge in [-0.3, -0.25) is 33.7 Å². The number of piperazine rings is 2. The Labute approximate surface area is 365 Å². The van der Waals surface area contributed by atoms with Gasteiger partial charge in [-0.1, -0.05) is 35.3 Å². The van der Waals surface area contributed by atoms with Crippen LogP contribution in [0.5, 0.6) is 0 Å². The molecule has 318 valence electrons. The van der Waals surface area contributed by atoms with Crippen molar-refractivity contribution in [1.82, 2.24) is 43.9 Å². The molecule has 9 rings (SSSR count). The number of ketones is 2. The van der Waals surface area contributed by atoms with Gasteiger partial charge in [-0.15, -0.1) is 0 Å². The summed E-state index contributed by atoms with van der Waals surface area (Å²) < 4.78 is 4.23. The summed E-state index contributed by atoms with van der Waals surface area (Å²) >= 11 is 12.4. The van der Waals surface area contributed by atoms with Crippen LogP contribution in [0, 0.1) is 0 Å². The van der Waals surface area contributed by atoms with E-state index < -0.39 is 0 Å². The van der Waals surface area contributed by atoms with E-state index in [1.54, 1.807) is 42.7 Å². The van der Waals surface area contributed by atoms with Crippen LogP contribution in [0.3, 0.4) is 0 Å². The van der Waals surface area contributed by atoms with E-state index in [2.05, 4.69) is 87.2 Å². The van der Waals surface area contributed by atoms with E-state index >= 15 is 0 Å². The van der Waals surface area contributed by atoms with Crippen molar-refractivity contribution in [3.05, 3.63) is 130 Å². The predicted octanol–water partition coefficient (Wildman–Crippen LogP) is 5.91. The van der Waals surface area contributed by atoms with Crippen molar-refractivity contribution < 1.29 is 14.7 Å². The van der Waals surface area contributed by atoms with Crippen molar-refractivity contribution in [2.24, 2.45) is 0 Å². The topological polar surface area (TPSA) is 140 Å². The summed E-state index contributed by atoms with van der Waals surface area (Å²) in [5, 5.41) is 11.7. The van der Waals surface area contributed by atoms with Crippen molar-refractivity contribution >= 4 is 69.9 Å². The lowest BCUT2D eigenvalue weighted by atomic mass is 9.93. The van der Waals surface area contributed by atoms with Gasteiger partial charge in [0.1, 0.15) is 28.7 Å². The van der Waals surface area contributed by atoms with E-state index in [-0.39, 0.29) is 23.7 Å². The van der Waals surface area contributed by atoms with E-state index in [1.165, 1.54) is 12.2 Å². The Morgan fingerprint density at radius 3 is 1.87 bits per heavy atom. The maximum atomic E-state index is 12.5. The number of anilines is 2. The Balaban J connectivity index is 0.000000177. The first-order valence-corrected chi connectivity index (χ1v) is 21.1. The van der Waals surface area contributed by atoms with Gasteiger partial charge in [-0.25, -0.2) is 9.97 Å². The minimum atomic E-state index is -0.202. The number of carbonyl (C=O) groups excluding carboxylic acids is 2. The molecule has 14 nitrogen and oxygen atoms in total. The lowest BCUT2D eigenvalue weighted by Gasteiger charge is -2.34. The summed E-state index contributed by atoms with van der Waals surface area (Å²) in [6.45, 7) is 8.12. The van der Waals surface area contributed by atoms with Crippen molar-refractivity contribution in [3.8, 4) is 0 Å². The van der Waals surface area contributed by atoms with Crippen molar-refractivity contribution in [2.45, 2.75) is 24.9 Å². The number of nitrogens with one attached hydrogen (secondary N) is 1. The summed E-state index contributed by atoms with van der Waals surface area (Å²) in [6, 6.07) is 19.1. The van der Waals surface area contributed by atoms with Crippen LogP contribution in [-0.4, -0.2) is 129 Å². The monoisotopic (exact) mass is 863 g/mol. The number of allylic oxidation sites excluding steroid dienone is 2. The van der Waals surface area contributed by atoms with Crippen LogP contribution in [0.1, 0.15) is 47.7 Å². The first-order chi connectivity index (χ1) is 29.7. The Bertz CT molecular complexity index is 2500. The fraction of sp³-hybridized carbons (Fsp3) is 0.333. The molecule has 0 spiro atoms. The van der Waals surface area contributed by atoms with Gasteiger partial charge in [-0.05, 0) is 86.9 Å². The number of fused-ring (bicyclic) bond motifs is 2. The largest absolute Gasteiger partial charge is 0.400 e. The molecule has 3 aliphatic heterocycles. The highest BCUT2D eigenvalue weighted by Crippen LogP contribution is 2.33. The summed E-state index contributed by atoms with van der Waals surface area (Å²) in [7, 11) is 5.30. The zero-order valence-corrected chi connectivity index (χ0v) is 36.1. The highest BCUT2D eigenvalue weighted by molar-refractivity contribution is 6.32. The van der Waals surface area contributed by atoms with Crippen LogP contribution in [0.4, 0.5) is 11.6 Å². The zero-order valence-electron chi connectivity index (χ0n) is 34.6. The van der Waals surface area contributed by atoms with E-state index in [0.717, 1.165) is 99.5 Å². The summed E-state index contributed by atoms with van der Waals surface area (Å²) in [6.07, 6.45) is 14.5. The number of nitrogens with zero attached hydrogens (tertiary/aromatic N) is 10.